The molecular weight excluding hydrogens is 290 g/mol. The summed E-state index contributed by atoms with van der Waals surface area (Å²) >= 11 is 0. The highest BCUT2D eigenvalue weighted by molar-refractivity contribution is 7.87. The molecule has 7 heteroatoms. The van der Waals surface area contributed by atoms with E-state index in [0.29, 0.717) is 24.7 Å². The van der Waals surface area contributed by atoms with Crippen molar-refractivity contribution in [1.29, 1.82) is 0 Å². The summed E-state index contributed by atoms with van der Waals surface area (Å²) in [6, 6.07) is 7.91. The monoisotopic (exact) mass is 307 g/mol. The van der Waals surface area contributed by atoms with Gasteiger partial charge in [0, 0.05) is 18.7 Å². The third-order valence-corrected chi connectivity index (χ3v) is 4.97. The van der Waals surface area contributed by atoms with E-state index in [1.54, 1.807) is 6.20 Å². The average molecular weight is 307 g/mol. The lowest BCUT2D eigenvalue weighted by molar-refractivity contribution is 0.333. The van der Waals surface area contributed by atoms with Crippen LogP contribution in [0.2, 0.25) is 0 Å². The smallest absolute Gasteiger partial charge is 0.279 e. The molecule has 2 heterocycles. The van der Waals surface area contributed by atoms with Gasteiger partial charge in [-0.1, -0.05) is 29.8 Å². The van der Waals surface area contributed by atoms with Crippen molar-refractivity contribution >= 4 is 10.2 Å². The minimum absolute atomic E-state index is 0.154. The Labute approximate surface area is 124 Å². The van der Waals surface area contributed by atoms with Crippen LogP contribution in [0.1, 0.15) is 17.9 Å². The van der Waals surface area contributed by atoms with E-state index in [0.717, 1.165) is 12.0 Å². The lowest BCUT2D eigenvalue weighted by Crippen LogP contribution is -2.46. The van der Waals surface area contributed by atoms with Crippen molar-refractivity contribution in [2.24, 2.45) is 0 Å². The molecule has 2 aromatic rings. The molecule has 1 N–H and O–H groups in total. The minimum atomic E-state index is -3.40. The zero-order valence-corrected chi connectivity index (χ0v) is 12.6. The van der Waals surface area contributed by atoms with Crippen molar-refractivity contribution in [3.05, 3.63) is 41.9 Å². The molecule has 0 aliphatic carbocycles. The Balaban J connectivity index is 1.77. The van der Waals surface area contributed by atoms with Crippen LogP contribution in [0.3, 0.4) is 0 Å². The van der Waals surface area contributed by atoms with Crippen molar-refractivity contribution in [1.82, 2.24) is 14.0 Å². The van der Waals surface area contributed by atoms with Crippen LogP contribution in [0.15, 0.2) is 34.9 Å². The topological polar surface area (TPSA) is 75.4 Å². The molecule has 3 rings (SSSR count). The van der Waals surface area contributed by atoms with Crippen LogP contribution < -0.4 is 4.72 Å². The van der Waals surface area contributed by atoms with Crippen LogP contribution in [-0.4, -0.2) is 30.8 Å². The zero-order chi connectivity index (χ0) is 14.9. The van der Waals surface area contributed by atoms with Gasteiger partial charge in [0.1, 0.15) is 0 Å². The molecule has 1 aliphatic heterocycles. The number of hydrogen-bond acceptors (Lipinski definition) is 4. The molecule has 1 aromatic carbocycles. The third kappa shape index (κ3) is 3.15. The average Bonchev–Trinajstić information content (AvgIpc) is 2.90. The Morgan fingerprint density at radius 2 is 2.10 bits per heavy atom. The molecule has 0 unspecified atom stereocenters. The van der Waals surface area contributed by atoms with Gasteiger partial charge >= 0.3 is 0 Å². The summed E-state index contributed by atoms with van der Waals surface area (Å²) in [7, 11) is -3.40. The number of nitrogens with one attached hydrogen (secondary N) is 1. The summed E-state index contributed by atoms with van der Waals surface area (Å²) in [5.74, 6) is 1.05. The fourth-order valence-electron chi connectivity index (χ4n) is 2.22. The zero-order valence-electron chi connectivity index (χ0n) is 11.7. The summed E-state index contributed by atoms with van der Waals surface area (Å²) in [6.07, 6.45) is 2.41. The summed E-state index contributed by atoms with van der Waals surface area (Å²) < 4.78 is 33.2. The number of benzene rings is 1. The second-order valence-corrected chi connectivity index (χ2v) is 6.83. The standard InChI is InChI=1S/C14H17N3O3S/c1-11-3-5-12(6-4-11)13-9-15-14(20-13)10-17-8-2-7-16-21(17,18)19/h3-6,9,16H,2,7-8,10H2,1H3. The van der Waals surface area contributed by atoms with E-state index in [1.165, 1.54) is 9.87 Å². The van der Waals surface area contributed by atoms with Crippen molar-refractivity contribution < 1.29 is 12.8 Å². The maximum Gasteiger partial charge on any atom is 0.279 e. The number of aryl methyl sites for hydroxylation is 1. The predicted molar refractivity (Wildman–Crippen MR) is 78.6 cm³/mol. The highest BCUT2D eigenvalue weighted by Crippen LogP contribution is 2.22. The van der Waals surface area contributed by atoms with E-state index in [1.807, 2.05) is 31.2 Å². The molecule has 0 spiro atoms. The summed E-state index contributed by atoms with van der Waals surface area (Å²) in [6.45, 7) is 3.14. The van der Waals surface area contributed by atoms with E-state index in [9.17, 15) is 8.42 Å². The fraction of sp³-hybridized carbons (Fsp3) is 0.357. The Bertz CT molecular complexity index is 722. The second kappa shape index (κ2) is 5.59. The SMILES string of the molecule is Cc1ccc(-c2cnc(CN3CCCNS3(=O)=O)o2)cc1. The van der Waals surface area contributed by atoms with Crippen LogP contribution in [0, 0.1) is 6.92 Å². The second-order valence-electron chi connectivity index (χ2n) is 5.07. The first-order valence-electron chi connectivity index (χ1n) is 6.81. The van der Waals surface area contributed by atoms with Gasteiger partial charge in [0.25, 0.3) is 10.2 Å². The summed E-state index contributed by atoms with van der Waals surface area (Å²) in [5, 5.41) is 0. The predicted octanol–water partition coefficient (Wildman–Crippen LogP) is 1.69. The quantitative estimate of drug-likeness (QED) is 0.936. The maximum absolute atomic E-state index is 11.8. The lowest BCUT2D eigenvalue weighted by Gasteiger charge is -2.25. The minimum Gasteiger partial charge on any atom is -0.439 e. The lowest BCUT2D eigenvalue weighted by atomic mass is 10.1. The first kappa shape index (κ1) is 14.2. The Hall–Kier alpha value is -1.70. The summed E-state index contributed by atoms with van der Waals surface area (Å²) in [5.41, 5.74) is 2.10. The molecule has 112 valence electrons. The molecule has 0 amide bonds. The molecular formula is C14H17N3O3S. The molecule has 21 heavy (non-hydrogen) atoms. The number of rotatable bonds is 3. The van der Waals surface area contributed by atoms with Gasteiger partial charge in [0.15, 0.2) is 5.76 Å². The van der Waals surface area contributed by atoms with Gasteiger partial charge < -0.3 is 4.42 Å². The molecule has 6 nitrogen and oxygen atoms in total. The molecule has 1 aliphatic rings. The van der Waals surface area contributed by atoms with Gasteiger partial charge in [0.05, 0.1) is 12.7 Å². The van der Waals surface area contributed by atoms with Gasteiger partial charge in [-0.3, -0.25) is 0 Å². The molecule has 0 saturated carbocycles. The van der Waals surface area contributed by atoms with Crippen LogP contribution in [0.5, 0.6) is 0 Å². The Kier molecular flexibility index (Phi) is 3.79. The number of oxazole rings is 1. The maximum atomic E-state index is 11.8. The van der Waals surface area contributed by atoms with Crippen LogP contribution in [0.4, 0.5) is 0 Å². The highest BCUT2D eigenvalue weighted by atomic mass is 32.2. The molecule has 0 radical (unpaired) electrons. The number of nitrogens with zero attached hydrogens (tertiary/aromatic N) is 2. The molecule has 1 saturated heterocycles. The van der Waals surface area contributed by atoms with Gasteiger partial charge in [-0.25, -0.2) is 9.71 Å². The van der Waals surface area contributed by atoms with Crippen LogP contribution in [-0.2, 0) is 16.8 Å². The van der Waals surface area contributed by atoms with Crippen LogP contribution in [0.25, 0.3) is 11.3 Å². The van der Waals surface area contributed by atoms with Gasteiger partial charge in [-0.15, -0.1) is 0 Å². The normalized spacial score (nSPS) is 18.7. The number of aromatic nitrogens is 1. The van der Waals surface area contributed by atoms with Gasteiger partial charge in [0.2, 0.25) is 5.89 Å². The summed E-state index contributed by atoms with van der Waals surface area (Å²) in [4.78, 5) is 4.17. The molecule has 1 aromatic heterocycles. The third-order valence-electron chi connectivity index (χ3n) is 3.41. The fourth-order valence-corrected chi connectivity index (χ4v) is 3.45. The van der Waals surface area contributed by atoms with E-state index in [4.69, 9.17) is 4.42 Å². The van der Waals surface area contributed by atoms with Crippen molar-refractivity contribution in [2.45, 2.75) is 19.9 Å². The van der Waals surface area contributed by atoms with Gasteiger partial charge in [-0.05, 0) is 13.3 Å². The largest absolute Gasteiger partial charge is 0.439 e. The van der Waals surface area contributed by atoms with E-state index in [2.05, 4.69) is 9.71 Å². The Morgan fingerprint density at radius 3 is 2.81 bits per heavy atom. The first-order chi connectivity index (χ1) is 10.0. The van der Waals surface area contributed by atoms with Crippen molar-refractivity contribution in [3.63, 3.8) is 0 Å². The Morgan fingerprint density at radius 1 is 1.33 bits per heavy atom. The molecule has 1 fully saturated rings. The first-order valence-corrected chi connectivity index (χ1v) is 8.25. The van der Waals surface area contributed by atoms with E-state index < -0.39 is 10.2 Å². The van der Waals surface area contributed by atoms with E-state index >= 15 is 0 Å². The van der Waals surface area contributed by atoms with Crippen molar-refractivity contribution in [3.8, 4) is 11.3 Å². The number of hydrogen-bond donors (Lipinski definition) is 1. The van der Waals surface area contributed by atoms with Gasteiger partial charge in [-0.2, -0.15) is 12.7 Å². The van der Waals surface area contributed by atoms with Crippen molar-refractivity contribution in [2.75, 3.05) is 13.1 Å². The van der Waals surface area contributed by atoms with Crippen LogP contribution >= 0.6 is 0 Å². The van der Waals surface area contributed by atoms with E-state index in [-0.39, 0.29) is 6.54 Å². The molecule has 0 atom stereocenters. The molecule has 0 bridgehead atoms. The highest BCUT2D eigenvalue weighted by Gasteiger charge is 2.26.